The average molecular weight is 735 g/mol. The van der Waals surface area contributed by atoms with Crippen molar-refractivity contribution in [2.24, 2.45) is 29.6 Å². The molecule has 3 heterocycles. The molecule has 9 nitrogen and oxygen atoms in total. The lowest BCUT2D eigenvalue weighted by Gasteiger charge is -2.49. The zero-order valence-corrected chi connectivity index (χ0v) is 30.0. The Bertz CT molecular complexity index is 2140. The quantitative estimate of drug-likeness (QED) is 0.153. The van der Waals surface area contributed by atoms with Gasteiger partial charge in [0.2, 0.25) is 29.4 Å². The first kappa shape index (κ1) is 33.9. The molecule has 0 unspecified atom stereocenters. The van der Waals surface area contributed by atoms with Crippen molar-refractivity contribution in [1.82, 2.24) is 4.90 Å². The summed E-state index contributed by atoms with van der Waals surface area (Å²) in [6.45, 7) is 0.204. The fourth-order valence-electron chi connectivity index (χ4n) is 8.99. The van der Waals surface area contributed by atoms with Crippen molar-refractivity contribution >= 4 is 58.3 Å². The van der Waals surface area contributed by atoms with Crippen molar-refractivity contribution in [3.05, 3.63) is 123 Å². The standard InChI is InChI=1S/C41H35ClN2O7S/c1-50-33-18-23(19-34(51-2)36(33)45)13-16-31-28-14-15-29-35(39(48)43(37(29)46)22-27-12-7-17-52-27)30(28)21-32-38(47)44(26-11-6-10-25(42)20-26)40(49)41(31,32)24-8-4-3-5-9-24/h3-14,16-20,29-32,35,45H,15,21-22H2,1-2H3/t29-,30+,31-,32-,35-,41-/m0/s1. The molecule has 52 heavy (non-hydrogen) atoms. The highest BCUT2D eigenvalue weighted by molar-refractivity contribution is 7.09. The number of fused-ring (bicyclic) bond motifs is 4. The zero-order valence-electron chi connectivity index (χ0n) is 28.4. The number of likely N-dealkylation sites (tertiary alicyclic amines) is 1. The molecule has 0 radical (unpaired) electrons. The Balaban J connectivity index is 1.31. The van der Waals surface area contributed by atoms with Gasteiger partial charge in [-0.1, -0.05) is 77.9 Å². The molecule has 1 saturated carbocycles. The number of rotatable bonds is 8. The third-order valence-electron chi connectivity index (χ3n) is 11.2. The fraction of sp³-hybridized carbons (Fsp3) is 0.268. The highest BCUT2D eigenvalue weighted by atomic mass is 35.5. The summed E-state index contributed by atoms with van der Waals surface area (Å²) in [4.78, 5) is 61.9. The first-order valence-corrected chi connectivity index (χ1v) is 18.3. The number of phenols is 1. The second kappa shape index (κ2) is 13.1. The van der Waals surface area contributed by atoms with Crippen LogP contribution in [0, 0.1) is 29.6 Å². The number of amides is 4. The number of aromatic hydroxyl groups is 1. The van der Waals surface area contributed by atoms with E-state index in [1.165, 1.54) is 35.4 Å². The van der Waals surface area contributed by atoms with Crippen LogP contribution in [0.2, 0.25) is 5.02 Å². The van der Waals surface area contributed by atoms with Crippen LogP contribution >= 0.6 is 22.9 Å². The van der Waals surface area contributed by atoms with E-state index in [1.807, 2.05) is 66.1 Å². The van der Waals surface area contributed by atoms with E-state index in [4.69, 9.17) is 21.1 Å². The predicted molar refractivity (Wildman–Crippen MR) is 197 cm³/mol. The molecule has 1 N–H and O–H groups in total. The van der Waals surface area contributed by atoms with Crippen LogP contribution in [0.15, 0.2) is 102 Å². The van der Waals surface area contributed by atoms with E-state index in [0.717, 1.165) is 10.5 Å². The molecule has 1 aromatic heterocycles. The first-order valence-electron chi connectivity index (χ1n) is 17.1. The van der Waals surface area contributed by atoms with Gasteiger partial charge in [0.05, 0.1) is 49.6 Å². The molecule has 4 amide bonds. The lowest BCUT2D eigenvalue weighted by molar-refractivity contribution is -0.141. The third kappa shape index (κ3) is 5.10. The number of phenolic OH excluding ortho intramolecular Hbond substituents is 1. The maximum absolute atomic E-state index is 15.3. The molecule has 0 bridgehead atoms. The molecular weight excluding hydrogens is 700 g/mol. The maximum atomic E-state index is 15.3. The number of thiophene rings is 1. The fourth-order valence-corrected chi connectivity index (χ4v) is 9.86. The number of carbonyl (C=O) groups excluding carboxylic acids is 4. The van der Waals surface area contributed by atoms with Gasteiger partial charge in [0.15, 0.2) is 11.5 Å². The Morgan fingerprint density at radius 2 is 1.65 bits per heavy atom. The van der Waals surface area contributed by atoms with E-state index in [0.29, 0.717) is 28.3 Å². The predicted octanol–water partition coefficient (Wildman–Crippen LogP) is 7.03. The highest BCUT2D eigenvalue weighted by Crippen LogP contribution is 2.62. The minimum atomic E-state index is -1.39. The van der Waals surface area contributed by atoms with Gasteiger partial charge in [0.1, 0.15) is 0 Å². The third-order valence-corrected chi connectivity index (χ3v) is 12.3. The molecule has 2 aliphatic carbocycles. The van der Waals surface area contributed by atoms with Crippen LogP contribution in [0.4, 0.5) is 5.69 Å². The Hall–Kier alpha value is -5.19. The second-order valence-corrected chi connectivity index (χ2v) is 15.1. The van der Waals surface area contributed by atoms with E-state index in [2.05, 4.69) is 0 Å². The molecule has 2 saturated heterocycles. The maximum Gasteiger partial charge on any atom is 0.246 e. The lowest BCUT2D eigenvalue weighted by Crippen LogP contribution is -2.54. The number of ether oxygens (including phenoxy) is 2. The summed E-state index contributed by atoms with van der Waals surface area (Å²) in [7, 11) is 2.89. The summed E-state index contributed by atoms with van der Waals surface area (Å²) >= 11 is 7.89. The molecule has 6 atom stereocenters. The molecule has 11 heteroatoms. The van der Waals surface area contributed by atoms with Gasteiger partial charge in [-0.2, -0.15) is 0 Å². The van der Waals surface area contributed by atoms with Crippen molar-refractivity contribution < 1.29 is 33.8 Å². The molecule has 4 aliphatic rings. The summed E-state index contributed by atoms with van der Waals surface area (Å²) in [6, 6.07) is 23.2. The summed E-state index contributed by atoms with van der Waals surface area (Å²) in [5, 5.41) is 12.9. The minimum absolute atomic E-state index is 0.146. The van der Waals surface area contributed by atoms with E-state index in [1.54, 1.807) is 36.4 Å². The van der Waals surface area contributed by atoms with Crippen LogP contribution in [-0.4, -0.2) is 47.9 Å². The van der Waals surface area contributed by atoms with Crippen LogP contribution in [-0.2, 0) is 31.1 Å². The summed E-state index contributed by atoms with van der Waals surface area (Å²) in [5.74, 6) is -4.22. The first-order chi connectivity index (χ1) is 25.2. The number of halogens is 1. The minimum Gasteiger partial charge on any atom is -0.502 e. The van der Waals surface area contributed by atoms with Gasteiger partial charge < -0.3 is 14.6 Å². The number of hydrogen-bond donors (Lipinski definition) is 1. The van der Waals surface area contributed by atoms with Crippen molar-refractivity contribution in [2.75, 3.05) is 19.1 Å². The SMILES string of the molecule is COc1cc(C=C[C@H]2C3=CC[C@@H]4C(=O)N(Cc5cccs5)C(=O)[C@@H]4[C@@H]3C[C@H]3C(=O)N(c4cccc(Cl)c4)C(=O)[C@@]23c2ccccc2)cc(OC)c1O. The van der Waals surface area contributed by atoms with E-state index in [-0.39, 0.29) is 53.8 Å². The van der Waals surface area contributed by atoms with Gasteiger partial charge in [-0.05, 0) is 71.7 Å². The Morgan fingerprint density at radius 1 is 0.904 bits per heavy atom. The molecule has 264 valence electrons. The Kier molecular flexibility index (Phi) is 8.54. The van der Waals surface area contributed by atoms with Gasteiger partial charge in [-0.25, -0.2) is 4.90 Å². The monoisotopic (exact) mass is 734 g/mol. The normalized spacial score (nSPS) is 26.8. The van der Waals surface area contributed by atoms with Gasteiger partial charge in [0.25, 0.3) is 0 Å². The van der Waals surface area contributed by atoms with Crippen LogP contribution < -0.4 is 14.4 Å². The number of anilines is 1. The molecule has 2 aliphatic heterocycles. The van der Waals surface area contributed by atoms with Crippen molar-refractivity contribution in [1.29, 1.82) is 0 Å². The van der Waals surface area contributed by atoms with Crippen molar-refractivity contribution in [3.63, 3.8) is 0 Å². The van der Waals surface area contributed by atoms with Crippen LogP contribution in [0.3, 0.4) is 0 Å². The van der Waals surface area contributed by atoms with Gasteiger partial charge in [-0.3, -0.25) is 24.1 Å². The summed E-state index contributed by atoms with van der Waals surface area (Å²) < 4.78 is 10.8. The van der Waals surface area contributed by atoms with Crippen LogP contribution in [0.5, 0.6) is 17.2 Å². The largest absolute Gasteiger partial charge is 0.502 e. The number of imide groups is 2. The number of methoxy groups -OCH3 is 2. The number of nitrogens with zero attached hydrogens (tertiary/aromatic N) is 2. The molecular formula is C41H35ClN2O7S. The number of hydrogen-bond acceptors (Lipinski definition) is 8. The van der Waals surface area contributed by atoms with Crippen molar-refractivity contribution in [2.45, 2.75) is 24.8 Å². The molecule has 3 fully saturated rings. The van der Waals surface area contributed by atoms with Gasteiger partial charge >= 0.3 is 0 Å². The average Bonchev–Trinajstić information content (AvgIpc) is 3.82. The highest BCUT2D eigenvalue weighted by Gasteiger charge is 2.69. The number of carbonyl (C=O) groups is 4. The molecule has 8 rings (SSSR count). The van der Waals surface area contributed by atoms with Gasteiger partial charge in [0, 0.05) is 15.8 Å². The van der Waals surface area contributed by atoms with E-state index < -0.39 is 35.0 Å². The smallest absolute Gasteiger partial charge is 0.246 e. The number of benzene rings is 3. The zero-order chi connectivity index (χ0) is 36.3. The van der Waals surface area contributed by atoms with Crippen LogP contribution in [0.25, 0.3) is 6.08 Å². The molecule has 3 aromatic carbocycles. The van der Waals surface area contributed by atoms with Gasteiger partial charge in [-0.15, -0.1) is 11.3 Å². The summed E-state index contributed by atoms with van der Waals surface area (Å²) in [5.41, 5.74) is 1.13. The Labute approximate surface area is 309 Å². The van der Waals surface area contributed by atoms with Crippen molar-refractivity contribution in [3.8, 4) is 17.2 Å². The number of allylic oxidation sites excluding steroid dienone is 3. The van der Waals surface area contributed by atoms with E-state index >= 15 is 4.79 Å². The summed E-state index contributed by atoms with van der Waals surface area (Å²) in [6.07, 6.45) is 6.32. The second-order valence-electron chi connectivity index (χ2n) is 13.6. The molecule has 0 spiro atoms. The molecule has 4 aromatic rings. The van der Waals surface area contributed by atoms with E-state index in [9.17, 15) is 19.5 Å². The lowest BCUT2D eigenvalue weighted by atomic mass is 9.50. The van der Waals surface area contributed by atoms with Crippen LogP contribution in [0.1, 0.15) is 28.8 Å². The Morgan fingerprint density at radius 3 is 2.33 bits per heavy atom. The topological polar surface area (TPSA) is 113 Å².